The van der Waals surface area contributed by atoms with Crippen molar-refractivity contribution in [3.05, 3.63) is 149 Å². The van der Waals surface area contributed by atoms with Gasteiger partial charge in [0.05, 0.1) is 4.90 Å². The third-order valence-corrected chi connectivity index (χ3v) is 9.80. The maximum Gasteiger partial charge on any atom is 0.295 e. The molecule has 1 aliphatic carbocycles. The summed E-state index contributed by atoms with van der Waals surface area (Å²) in [4.78, 5) is 1.60. The molecule has 0 spiro atoms. The second-order valence-electron chi connectivity index (χ2n) is 11.2. The minimum absolute atomic E-state index is 0.187. The Kier molecular flexibility index (Phi) is 10.1. The first-order chi connectivity index (χ1) is 22.4. The highest BCUT2D eigenvalue weighted by atomic mass is 32.2. The van der Waals surface area contributed by atoms with Crippen LogP contribution in [0.4, 0.5) is 11.4 Å². The van der Waals surface area contributed by atoms with Crippen LogP contribution in [0.2, 0.25) is 0 Å². The van der Waals surface area contributed by atoms with Gasteiger partial charge in [-0.2, -0.15) is 16.8 Å². The van der Waals surface area contributed by atoms with Crippen LogP contribution < -0.4 is 4.90 Å². The number of hydrogen-bond acceptors (Lipinski definition) is 5. The van der Waals surface area contributed by atoms with Gasteiger partial charge >= 0.3 is 0 Å². The number of hydrogen-bond donors (Lipinski definition) is 2. The lowest BCUT2D eigenvalue weighted by Crippen LogP contribution is -2.19. The van der Waals surface area contributed by atoms with Crippen LogP contribution >= 0.6 is 0 Å². The Balaban J connectivity index is 1.57. The zero-order chi connectivity index (χ0) is 33.8. The molecule has 2 N–H and O–H groups in total. The number of benzene rings is 4. The summed E-state index contributed by atoms with van der Waals surface area (Å²) in [6, 6.07) is 28.4. The Hall–Kier alpha value is -4.61. The van der Waals surface area contributed by atoms with Gasteiger partial charge in [0, 0.05) is 41.2 Å². The molecule has 5 rings (SSSR count). The largest absolute Gasteiger partial charge is 0.342 e. The molecule has 242 valence electrons. The van der Waals surface area contributed by atoms with E-state index in [-0.39, 0.29) is 9.79 Å². The highest BCUT2D eigenvalue weighted by molar-refractivity contribution is 7.86. The van der Waals surface area contributed by atoms with Crippen molar-refractivity contribution in [1.82, 2.24) is 0 Å². The van der Waals surface area contributed by atoms with Crippen molar-refractivity contribution in [2.45, 2.75) is 37.1 Å². The molecular formula is C37H37N2O6S2+. The zero-order valence-corrected chi connectivity index (χ0v) is 28.0. The Labute approximate surface area is 276 Å². The zero-order valence-electron chi connectivity index (χ0n) is 26.4. The normalized spacial score (nSPS) is 13.1. The third-order valence-electron chi connectivity index (χ3n) is 8.02. The first kappa shape index (κ1) is 33.7. The molecular weight excluding hydrogens is 633 g/mol. The highest BCUT2D eigenvalue weighted by Gasteiger charge is 2.22. The summed E-state index contributed by atoms with van der Waals surface area (Å²) >= 11 is 0. The smallest absolute Gasteiger partial charge is 0.295 e. The van der Waals surface area contributed by atoms with E-state index in [4.69, 9.17) is 0 Å². The quantitative estimate of drug-likeness (QED) is 0.135. The van der Waals surface area contributed by atoms with Gasteiger partial charge in [0.2, 0.25) is 0 Å². The number of allylic oxidation sites excluding steroid dienone is 5. The summed E-state index contributed by atoms with van der Waals surface area (Å²) < 4.78 is 69.8. The summed E-state index contributed by atoms with van der Waals surface area (Å²) in [6.45, 7) is 8.26. The third kappa shape index (κ3) is 7.86. The van der Waals surface area contributed by atoms with Crippen molar-refractivity contribution in [1.29, 1.82) is 0 Å². The number of nitrogens with zero attached hydrogens (tertiary/aromatic N) is 2. The molecule has 0 bridgehead atoms. The minimum Gasteiger partial charge on any atom is -0.342 e. The molecule has 0 saturated carbocycles. The number of anilines is 2. The van der Waals surface area contributed by atoms with E-state index in [2.05, 4.69) is 42.7 Å². The van der Waals surface area contributed by atoms with Crippen LogP contribution in [-0.2, 0) is 26.8 Å². The summed E-state index contributed by atoms with van der Waals surface area (Å²) in [5.74, 6) is 0. The topological polar surface area (TPSA) is 115 Å². The minimum atomic E-state index is -4.53. The van der Waals surface area contributed by atoms with E-state index in [9.17, 15) is 25.9 Å². The van der Waals surface area contributed by atoms with Crippen molar-refractivity contribution in [2.24, 2.45) is 0 Å². The van der Waals surface area contributed by atoms with E-state index in [0.717, 1.165) is 41.3 Å². The molecule has 1 aliphatic rings. The van der Waals surface area contributed by atoms with Gasteiger partial charge in [-0.1, -0.05) is 54.1 Å². The van der Waals surface area contributed by atoms with E-state index in [1.807, 2.05) is 60.4 Å². The molecule has 0 fully saturated rings. The molecule has 0 atom stereocenters. The Bertz CT molecular complexity index is 2110. The average Bonchev–Trinajstić information content (AvgIpc) is 3.05. The molecule has 10 heteroatoms. The van der Waals surface area contributed by atoms with Gasteiger partial charge in [0.15, 0.2) is 12.3 Å². The van der Waals surface area contributed by atoms with E-state index in [1.165, 1.54) is 29.3 Å². The molecule has 0 heterocycles. The predicted molar refractivity (Wildman–Crippen MR) is 187 cm³/mol. The second-order valence-corrected chi connectivity index (χ2v) is 14.0. The van der Waals surface area contributed by atoms with Crippen LogP contribution in [0.25, 0.3) is 5.57 Å². The number of rotatable bonds is 10. The van der Waals surface area contributed by atoms with Crippen LogP contribution in [0.5, 0.6) is 0 Å². The maximum absolute atomic E-state index is 12.5. The van der Waals surface area contributed by atoms with Crippen molar-refractivity contribution >= 4 is 42.9 Å². The molecule has 4 aromatic carbocycles. The fourth-order valence-electron chi connectivity index (χ4n) is 5.75. The first-order valence-electron chi connectivity index (χ1n) is 15.2. The van der Waals surface area contributed by atoms with Crippen LogP contribution in [0, 0.1) is 6.92 Å². The molecule has 0 saturated heterocycles. The lowest BCUT2D eigenvalue weighted by atomic mass is 9.90. The van der Waals surface area contributed by atoms with E-state index in [0.29, 0.717) is 17.7 Å². The average molecular weight is 670 g/mol. The van der Waals surface area contributed by atoms with Gasteiger partial charge in [-0.25, -0.2) is 4.58 Å². The van der Waals surface area contributed by atoms with Gasteiger partial charge in [0.25, 0.3) is 20.2 Å². The highest BCUT2D eigenvalue weighted by Crippen LogP contribution is 2.35. The summed E-state index contributed by atoms with van der Waals surface area (Å²) in [7, 11) is -8.84. The van der Waals surface area contributed by atoms with E-state index in [1.54, 1.807) is 30.3 Å². The molecule has 4 aromatic rings. The Morgan fingerprint density at radius 2 is 1.34 bits per heavy atom. The van der Waals surface area contributed by atoms with Gasteiger partial charge < -0.3 is 4.90 Å². The van der Waals surface area contributed by atoms with Crippen molar-refractivity contribution < 1.29 is 30.5 Å². The summed E-state index contributed by atoms with van der Waals surface area (Å²) in [6.07, 6.45) is 7.98. The van der Waals surface area contributed by atoms with Crippen LogP contribution in [0.3, 0.4) is 0 Å². The van der Waals surface area contributed by atoms with Crippen LogP contribution in [-0.4, -0.2) is 49.3 Å². The molecule has 0 unspecified atom stereocenters. The molecule has 8 nitrogen and oxygen atoms in total. The van der Waals surface area contributed by atoms with Crippen LogP contribution in [0.15, 0.2) is 137 Å². The lowest BCUT2D eigenvalue weighted by molar-refractivity contribution is -0.539. The fourth-order valence-corrected chi connectivity index (χ4v) is 6.93. The van der Waals surface area contributed by atoms with E-state index >= 15 is 0 Å². The number of aryl methyl sites for hydroxylation is 1. The van der Waals surface area contributed by atoms with Crippen molar-refractivity contribution in [3.8, 4) is 0 Å². The molecule has 47 heavy (non-hydrogen) atoms. The molecule has 0 amide bonds. The van der Waals surface area contributed by atoms with Crippen molar-refractivity contribution in [2.75, 3.05) is 18.0 Å². The lowest BCUT2D eigenvalue weighted by Gasteiger charge is -2.24. The van der Waals surface area contributed by atoms with Gasteiger partial charge in [-0.3, -0.25) is 9.11 Å². The molecule has 0 radical (unpaired) electrons. The Morgan fingerprint density at radius 1 is 0.723 bits per heavy atom. The fraction of sp³-hybridized carbons (Fsp3) is 0.162. The van der Waals surface area contributed by atoms with Gasteiger partial charge in [0.1, 0.15) is 11.4 Å². The maximum atomic E-state index is 12.5. The van der Waals surface area contributed by atoms with Gasteiger partial charge in [-0.15, -0.1) is 0 Å². The predicted octanol–water partition coefficient (Wildman–Crippen LogP) is 7.25. The van der Waals surface area contributed by atoms with E-state index < -0.39 is 20.2 Å². The molecule has 0 aliphatic heterocycles. The van der Waals surface area contributed by atoms with Gasteiger partial charge in [-0.05, 0) is 98.2 Å². The van der Waals surface area contributed by atoms with Crippen molar-refractivity contribution in [3.63, 3.8) is 0 Å². The summed E-state index contributed by atoms with van der Waals surface area (Å²) in [5, 5.41) is 0. The SMILES string of the molecule is CCN(c1ccc(C(=C2C=CC(=[N+](CC)Cc3cccc(C)c3)C=C2)c2ccccc2S(=O)(=O)O)cc1)c1ccc(S(=O)(=O)O)cc1. The second kappa shape index (κ2) is 14.0. The summed E-state index contributed by atoms with van der Waals surface area (Å²) in [5.41, 5.74) is 7.51. The van der Waals surface area contributed by atoms with Crippen LogP contribution in [0.1, 0.15) is 36.1 Å². The first-order valence-corrected chi connectivity index (χ1v) is 18.1. The standard InChI is InChI=1S/C37H36N2O6S2/c1-4-38(26-28-10-8-9-27(3)25-28)31-17-13-29(14-18-31)37(35-11-6-7-12-36(35)47(43,44)45)30-15-19-32(20-16-30)39(5-2)33-21-23-34(24-22-33)46(40,41)42/h6-25H,4-5,26H2,1-3H3,(H-,40,41,42,43,44,45)/p+1. The molecule has 0 aromatic heterocycles. The monoisotopic (exact) mass is 669 g/mol. The Morgan fingerprint density at radius 3 is 1.89 bits per heavy atom.